The molecule has 0 saturated heterocycles. The molecule has 0 saturated carbocycles. The Morgan fingerprint density at radius 1 is 1.29 bits per heavy atom. The molecule has 1 aromatic carbocycles. The molecule has 2 nitrogen and oxygen atoms in total. The second-order valence-corrected chi connectivity index (χ2v) is 3.91. The van der Waals surface area contributed by atoms with Gasteiger partial charge in [-0.3, -0.25) is 4.79 Å². The third-order valence-corrected chi connectivity index (χ3v) is 1.89. The third-order valence-electron chi connectivity index (χ3n) is 1.63. The molecule has 0 aromatic heterocycles. The van der Waals surface area contributed by atoms with Crippen molar-refractivity contribution in [3.63, 3.8) is 0 Å². The van der Waals surface area contributed by atoms with E-state index < -0.39 is 0 Å². The van der Waals surface area contributed by atoms with Crippen LogP contribution in [0.25, 0.3) is 0 Å². The lowest BCUT2D eigenvalue weighted by Crippen LogP contribution is -1.94. The number of thiol groups is 2. The van der Waals surface area contributed by atoms with Crippen molar-refractivity contribution >= 4 is 31.0 Å². The minimum atomic E-state index is -0.118. The molecule has 0 unspecified atom stereocenters. The summed E-state index contributed by atoms with van der Waals surface area (Å²) in [7, 11) is 1.58. The number of hydrogen-bond acceptors (Lipinski definition) is 4. The zero-order valence-electron chi connectivity index (χ0n) is 7.60. The van der Waals surface area contributed by atoms with Gasteiger partial charge in [-0.15, -0.1) is 25.3 Å². The largest absolute Gasteiger partial charge is 0.497 e. The molecule has 0 aliphatic rings. The molecule has 4 heteroatoms. The van der Waals surface area contributed by atoms with Gasteiger partial charge in [-0.25, -0.2) is 0 Å². The highest BCUT2D eigenvalue weighted by Gasteiger charge is 2.02. The van der Waals surface area contributed by atoms with E-state index in [-0.39, 0.29) is 5.78 Å². The zero-order chi connectivity index (χ0) is 10.6. The Hall–Kier alpha value is -0.870. The minimum absolute atomic E-state index is 0.118. The lowest BCUT2D eigenvalue weighted by Gasteiger charge is -2.00. The molecule has 0 aliphatic heterocycles. The fourth-order valence-corrected chi connectivity index (χ4v) is 1.19. The number of ketones is 1. The minimum Gasteiger partial charge on any atom is -0.497 e. The number of carbonyl (C=O) groups excluding carboxylic acids is 1. The molecule has 1 aromatic rings. The molecule has 0 N–H and O–H groups in total. The van der Waals surface area contributed by atoms with Crippen molar-refractivity contribution in [2.24, 2.45) is 0 Å². The molecule has 1 rings (SSSR count). The van der Waals surface area contributed by atoms with Gasteiger partial charge in [0.2, 0.25) is 0 Å². The van der Waals surface area contributed by atoms with E-state index in [1.165, 1.54) is 6.08 Å². The molecule has 0 aliphatic carbocycles. The lowest BCUT2D eigenvalue weighted by molar-refractivity contribution is 0.104. The van der Waals surface area contributed by atoms with Crippen molar-refractivity contribution in [2.45, 2.75) is 0 Å². The fraction of sp³-hybridized carbons (Fsp3) is 0.100. The van der Waals surface area contributed by atoms with Crippen molar-refractivity contribution in [2.75, 3.05) is 7.11 Å². The Morgan fingerprint density at radius 2 is 1.86 bits per heavy atom. The number of carbonyl (C=O) groups is 1. The molecular formula is C10H10O2S2. The van der Waals surface area contributed by atoms with E-state index >= 15 is 0 Å². The van der Waals surface area contributed by atoms with Gasteiger partial charge in [-0.05, 0) is 24.3 Å². The Labute approximate surface area is 93.8 Å². The molecule has 14 heavy (non-hydrogen) atoms. The zero-order valence-corrected chi connectivity index (χ0v) is 9.39. The maximum absolute atomic E-state index is 11.4. The van der Waals surface area contributed by atoms with Gasteiger partial charge in [0.15, 0.2) is 5.78 Å². The Bertz CT molecular complexity index is 351. The maximum atomic E-state index is 11.4. The van der Waals surface area contributed by atoms with Crippen LogP contribution in [0.1, 0.15) is 10.4 Å². The van der Waals surface area contributed by atoms with Crippen LogP contribution in [0.2, 0.25) is 0 Å². The van der Waals surface area contributed by atoms with Gasteiger partial charge in [-0.1, -0.05) is 0 Å². The van der Waals surface area contributed by atoms with E-state index in [1.807, 2.05) is 0 Å². The molecule has 0 bridgehead atoms. The predicted octanol–water partition coefficient (Wildman–Crippen LogP) is 2.58. The fourth-order valence-electron chi connectivity index (χ4n) is 0.956. The highest BCUT2D eigenvalue weighted by atomic mass is 32.2. The molecule has 0 heterocycles. The van der Waals surface area contributed by atoms with Crippen LogP contribution >= 0.6 is 25.3 Å². The first-order chi connectivity index (χ1) is 6.63. The van der Waals surface area contributed by atoms with Crippen molar-refractivity contribution in [3.05, 3.63) is 40.1 Å². The highest BCUT2D eigenvalue weighted by Crippen LogP contribution is 2.13. The summed E-state index contributed by atoms with van der Waals surface area (Å²) in [5, 5.41) is 0. The highest BCUT2D eigenvalue weighted by molar-refractivity contribution is 8.05. The topological polar surface area (TPSA) is 26.3 Å². The van der Waals surface area contributed by atoms with Crippen LogP contribution in [-0.2, 0) is 0 Å². The van der Waals surface area contributed by atoms with Crippen molar-refractivity contribution in [1.82, 2.24) is 0 Å². The summed E-state index contributed by atoms with van der Waals surface area (Å²) in [5.41, 5.74) is 0.589. The van der Waals surface area contributed by atoms with Crippen molar-refractivity contribution in [3.8, 4) is 5.75 Å². The van der Waals surface area contributed by atoms with E-state index in [0.717, 1.165) is 5.75 Å². The van der Waals surface area contributed by atoms with Crippen LogP contribution in [0.15, 0.2) is 34.6 Å². The Balaban J connectivity index is 2.87. The van der Waals surface area contributed by atoms with Gasteiger partial charge in [-0.2, -0.15) is 0 Å². The summed E-state index contributed by atoms with van der Waals surface area (Å²) in [4.78, 5) is 11.4. The molecule has 0 spiro atoms. The van der Waals surface area contributed by atoms with Gasteiger partial charge in [0.1, 0.15) is 5.75 Å². The number of rotatable bonds is 3. The molecule has 0 atom stereocenters. The quantitative estimate of drug-likeness (QED) is 0.471. The monoisotopic (exact) mass is 226 g/mol. The Morgan fingerprint density at radius 3 is 2.29 bits per heavy atom. The van der Waals surface area contributed by atoms with Crippen LogP contribution in [0.4, 0.5) is 0 Å². The van der Waals surface area contributed by atoms with E-state index in [0.29, 0.717) is 9.80 Å². The number of hydrogen-bond donors (Lipinski definition) is 2. The summed E-state index contributed by atoms with van der Waals surface area (Å²) in [6.07, 6.45) is 1.36. The SMILES string of the molecule is COc1ccc(C(=O)C=C(S)S)cc1. The second kappa shape index (κ2) is 5.12. The summed E-state index contributed by atoms with van der Waals surface area (Å²) in [5.74, 6) is 0.607. The maximum Gasteiger partial charge on any atom is 0.187 e. The van der Waals surface area contributed by atoms with E-state index in [1.54, 1.807) is 31.4 Å². The lowest BCUT2D eigenvalue weighted by atomic mass is 10.1. The average molecular weight is 226 g/mol. The van der Waals surface area contributed by atoms with Crippen LogP contribution in [0.5, 0.6) is 5.75 Å². The average Bonchev–Trinajstić information content (AvgIpc) is 2.17. The Kier molecular flexibility index (Phi) is 4.10. The van der Waals surface area contributed by atoms with Gasteiger partial charge in [0, 0.05) is 15.9 Å². The normalized spacial score (nSPS) is 9.36. The summed E-state index contributed by atoms with van der Waals surface area (Å²) in [6.45, 7) is 0. The number of allylic oxidation sites excluding steroid dienone is 1. The van der Waals surface area contributed by atoms with Crippen LogP contribution in [-0.4, -0.2) is 12.9 Å². The first-order valence-corrected chi connectivity index (χ1v) is 4.81. The van der Waals surface area contributed by atoms with Gasteiger partial charge < -0.3 is 4.74 Å². The summed E-state index contributed by atoms with van der Waals surface area (Å²) >= 11 is 7.81. The number of benzene rings is 1. The first kappa shape index (κ1) is 11.2. The standard InChI is InChI=1S/C10H10O2S2/c1-12-8-4-2-7(3-5-8)9(11)6-10(13)14/h2-6,13-14H,1H3. The molecule has 0 amide bonds. The molecule has 0 fully saturated rings. The summed E-state index contributed by atoms with van der Waals surface area (Å²) in [6, 6.07) is 6.86. The number of ether oxygens (including phenoxy) is 1. The molecule has 0 radical (unpaired) electrons. The van der Waals surface area contributed by atoms with Crippen LogP contribution < -0.4 is 4.74 Å². The first-order valence-electron chi connectivity index (χ1n) is 3.91. The number of methoxy groups -OCH3 is 1. The van der Waals surface area contributed by atoms with E-state index in [2.05, 4.69) is 25.3 Å². The van der Waals surface area contributed by atoms with Crippen molar-refractivity contribution in [1.29, 1.82) is 0 Å². The predicted molar refractivity (Wildman–Crippen MR) is 63.4 cm³/mol. The van der Waals surface area contributed by atoms with Gasteiger partial charge in [0.25, 0.3) is 0 Å². The van der Waals surface area contributed by atoms with E-state index in [9.17, 15) is 4.79 Å². The smallest absolute Gasteiger partial charge is 0.187 e. The molecule has 74 valence electrons. The van der Waals surface area contributed by atoms with E-state index in [4.69, 9.17) is 4.74 Å². The summed E-state index contributed by atoms with van der Waals surface area (Å²) < 4.78 is 5.37. The van der Waals surface area contributed by atoms with Gasteiger partial charge in [0.05, 0.1) is 7.11 Å². The second-order valence-electron chi connectivity index (χ2n) is 2.60. The molecular weight excluding hydrogens is 216 g/mol. The third kappa shape index (κ3) is 3.12. The van der Waals surface area contributed by atoms with Crippen molar-refractivity contribution < 1.29 is 9.53 Å². The van der Waals surface area contributed by atoms with Crippen LogP contribution in [0, 0.1) is 0 Å². The van der Waals surface area contributed by atoms with Crippen LogP contribution in [0.3, 0.4) is 0 Å². The van der Waals surface area contributed by atoms with Gasteiger partial charge >= 0.3 is 0 Å².